The number of rotatable bonds is 5. The van der Waals surface area contributed by atoms with Crippen molar-refractivity contribution in [3.8, 4) is 0 Å². The van der Waals surface area contributed by atoms with Gasteiger partial charge in [0.15, 0.2) is 0 Å². The summed E-state index contributed by atoms with van der Waals surface area (Å²) in [5.74, 6) is 0.985. The third kappa shape index (κ3) is 4.22. The highest BCUT2D eigenvalue weighted by atomic mass is 32.2. The van der Waals surface area contributed by atoms with Gasteiger partial charge in [-0.15, -0.1) is 11.8 Å². The second-order valence-corrected chi connectivity index (χ2v) is 4.86. The number of carbonyl (C=O) groups excluding carboxylic acids is 1. The highest BCUT2D eigenvalue weighted by molar-refractivity contribution is 7.99. The predicted molar refractivity (Wildman–Crippen MR) is 68.3 cm³/mol. The SMILES string of the molecule is COC(=O)C(C)CSc1ccnc(N(C)C)n1. The molecule has 5 nitrogen and oxygen atoms in total. The molecule has 0 bridgehead atoms. The van der Waals surface area contributed by atoms with Crippen LogP contribution in [0.25, 0.3) is 0 Å². The number of aromatic nitrogens is 2. The Bertz CT molecular complexity index is 385. The molecule has 1 rings (SSSR count). The molecule has 0 spiro atoms. The van der Waals surface area contributed by atoms with Crippen molar-refractivity contribution in [3.05, 3.63) is 12.3 Å². The molecule has 0 aromatic carbocycles. The van der Waals surface area contributed by atoms with Crippen molar-refractivity contribution in [2.75, 3.05) is 31.9 Å². The van der Waals surface area contributed by atoms with Crippen LogP contribution in [0, 0.1) is 5.92 Å². The molecule has 0 saturated heterocycles. The third-order valence-corrected chi connectivity index (χ3v) is 3.29. The maximum Gasteiger partial charge on any atom is 0.309 e. The van der Waals surface area contributed by atoms with Crippen molar-refractivity contribution < 1.29 is 9.53 Å². The molecule has 1 aromatic rings. The number of esters is 1. The Hall–Kier alpha value is -1.30. The summed E-state index contributed by atoms with van der Waals surface area (Å²) in [5.41, 5.74) is 0. The summed E-state index contributed by atoms with van der Waals surface area (Å²) in [4.78, 5) is 21.6. The molecule has 1 atom stereocenters. The summed E-state index contributed by atoms with van der Waals surface area (Å²) in [5, 5.41) is 0.861. The second-order valence-electron chi connectivity index (χ2n) is 3.82. The van der Waals surface area contributed by atoms with Gasteiger partial charge in [-0.05, 0) is 6.07 Å². The van der Waals surface area contributed by atoms with Crippen LogP contribution in [0.4, 0.5) is 5.95 Å². The first-order chi connectivity index (χ1) is 8.04. The van der Waals surface area contributed by atoms with E-state index in [0.29, 0.717) is 11.7 Å². The van der Waals surface area contributed by atoms with Crippen LogP contribution in [0.1, 0.15) is 6.92 Å². The zero-order valence-corrected chi connectivity index (χ0v) is 11.3. The normalized spacial score (nSPS) is 12.0. The monoisotopic (exact) mass is 255 g/mol. The standard InChI is InChI=1S/C11H17N3O2S/c1-8(10(15)16-4)7-17-9-5-6-12-11(13-9)14(2)3/h5-6,8H,7H2,1-4H3. The Morgan fingerprint density at radius 1 is 1.59 bits per heavy atom. The molecule has 0 aliphatic rings. The summed E-state index contributed by atoms with van der Waals surface area (Å²) < 4.78 is 4.67. The van der Waals surface area contributed by atoms with Crippen LogP contribution in [0.3, 0.4) is 0 Å². The van der Waals surface area contributed by atoms with Crippen molar-refractivity contribution in [2.45, 2.75) is 11.9 Å². The molecule has 0 fully saturated rings. The molecule has 1 heterocycles. The topological polar surface area (TPSA) is 55.3 Å². The van der Waals surface area contributed by atoms with Gasteiger partial charge in [0.1, 0.15) is 5.03 Å². The molecule has 94 valence electrons. The molecule has 0 aliphatic carbocycles. The minimum Gasteiger partial charge on any atom is -0.469 e. The van der Waals surface area contributed by atoms with Gasteiger partial charge >= 0.3 is 5.97 Å². The first-order valence-electron chi connectivity index (χ1n) is 5.25. The number of methoxy groups -OCH3 is 1. The van der Waals surface area contributed by atoms with Crippen molar-refractivity contribution in [1.29, 1.82) is 0 Å². The summed E-state index contributed by atoms with van der Waals surface area (Å²) in [6.07, 6.45) is 1.72. The van der Waals surface area contributed by atoms with Crippen LogP contribution in [0.15, 0.2) is 17.3 Å². The summed E-state index contributed by atoms with van der Waals surface area (Å²) in [7, 11) is 5.18. The Kier molecular flexibility index (Phi) is 5.21. The fourth-order valence-corrected chi connectivity index (χ4v) is 1.97. The van der Waals surface area contributed by atoms with Crippen molar-refractivity contribution >= 4 is 23.7 Å². The molecule has 17 heavy (non-hydrogen) atoms. The predicted octanol–water partition coefficient (Wildman–Crippen LogP) is 1.44. The van der Waals surface area contributed by atoms with Crippen LogP contribution in [-0.2, 0) is 9.53 Å². The van der Waals surface area contributed by atoms with E-state index in [0.717, 1.165) is 5.03 Å². The second kappa shape index (κ2) is 6.44. The Balaban J connectivity index is 2.57. The lowest BCUT2D eigenvalue weighted by atomic mass is 10.2. The molecule has 6 heteroatoms. The fourth-order valence-electron chi connectivity index (χ4n) is 1.11. The summed E-state index contributed by atoms with van der Waals surface area (Å²) >= 11 is 1.53. The number of ether oxygens (including phenoxy) is 1. The lowest BCUT2D eigenvalue weighted by molar-refractivity contribution is -0.143. The van der Waals surface area contributed by atoms with E-state index in [1.165, 1.54) is 18.9 Å². The maximum atomic E-state index is 11.2. The quantitative estimate of drug-likeness (QED) is 0.451. The number of nitrogens with zero attached hydrogens (tertiary/aromatic N) is 3. The molecule has 0 N–H and O–H groups in total. The van der Waals surface area contributed by atoms with E-state index in [9.17, 15) is 4.79 Å². The lowest BCUT2D eigenvalue weighted by Crippen LogP contribution is -2.15. The van der Waals surface area contributed by atoms with Crippen molar-refractivity contribution in [1.82, 2.24) is 9.97 Å². The van der Waals surface area contributed by atoms with E-state index in [-0.39, 0.29) is 11.9 Å². The fraction of sp³-hybridized carbons (Fsp3) is 0.545. The van der Waals surface area contributed by atoms with Gasteiger partial charge in [-0.1, -0.05) is 6.92 Å². The lowest BCUT2D eigenvalue weighted by Gasteiger charge is -2.11. The molecule has 0 saturated carbocycles. The van der Waals surface area contributed by atoms with E-state index in [1.54, 1.807) is 6.20 Å². The number of hydrogen-bond acceptors (Lipinski definition) is 6. The molecule has 0 amide bonds. The van der Waals surface area contributed by atoms with Gasteiger partial charge in [0, 0.05) is 26.0 Å². The van der Waals surface area contributed by atoms with Crippen molar-refractivity contribution in [2.24, 2.45) is 5.92 Å². The largest absolute Gasteiger partial charge is 0.469 e. The summed E-state index contributed by atoms with van der Waals surface area (Å²) in [6.45, 7) is 1.84. The van der Waals surface area contributed by atoms with Gasteiger partial charge in [0.2, 0.25) is 5.95 Å². The van der Waals surface area contributed by atoms with Gasteiger partial charge in [0.25, 0.3) is 0 Å². The van der Waals surface area contributed by atoms with E-state index >= 15 is 0 Å². The van der Waals surface area contributed by atoms with Crippen molar-refractivity contribution in [3.63, 3.8) is 0 Å². The van der Waals surface area contributed by atoms with E-state index in [2.05, 4.69) is 14.7 Å². The van der Waals surface area contributed by atoms with Gasteiger partial charge in [-0.25, -0.2) is 9.97 Å². The third-order valence-electron chi connectivity index (χ3n) is 2.10. The molecule has 0 aliphatic heterocycles. The van der Waals surface area contributed by atoms with Crippen LogP contribution < -0.4 is 4.90 Å². The van der Waals surface area contributed by atoms with Crippen LogP contribution >= 0.6 is 11.8 Å². The highest BCUT2D eigenvalue weighted by Gasteiger charge is 2.13. The van der Waals surface area contributed by atoms with Gasteiger partial charge in [-0.3, -0.25) is 4.79 Å². The Labute approximate surface area is 106 Å². The van der Waals surface area contributed by atoms with Gasteiger partial charge in [0.05, 0.1) is 13.0 Å². The zero-order chi connectivity index (χ0) is 12.8. The first-order valence-corrected chi connectivity index (χ1v) is 6.24. The highest BCUT2D eigenvalue weighted by Crippen LogP contribution is 2.20. The number of thioether (sulfide) groups is 1. The molecule has 1 aromatic heterocycles. The number of hydrogen-bond donors (Lipinski definition) is 0. The van der Waals surface area contributed by atoms with Crippen LogP contribution in [0.2, 0.25) is 0 Å². The Morgan fingerprint density at radius 3 is 2.88 bits per heavy atom. The average molecular weight is 255 g/mol. The number of anilines is 1. The minimum atomic E-state index is -0.195. The average Bonchev–Trinajstić information content (AvgIpc) is 2.35. The summed E-state index contributed by atoms with van der Waals surface area (Å²) in [6, 6.07) is 1.83. The molecular weight excluding hydrogens is 238 g/mol. The minimum absolute atomic E-state index is 0.136. The van der Waals surface area contributed by atoms with E-state index in [4.69, 9.17) is 0 Å². The first kappa shape index (κ1) is 13.8. The molecule has 1 unspecified atom stereocenters. The smallest absolute Gasteiger partial charge is 0.309 e. The van der Waals surface area contributed by atoms with E-state index < -0.39 is 0 Å². The maximum absolute atomic E-state index is 11.2. The van der Waals surface area contributed by atoms with E-state index in [1.807, 2.05) is 32.0 Å². The molecular formula is C11H17N3O2S. The van der Waals surface area contributed by atoms with Gasteiger partial charge in [-0.2, -0.15) is 0 Å². The Morgan fingerprint density at radius 2 is 2.29 bits per heavy atom. The van der Waals surface area contributed by atoms with Crippen LogP contribution in [0.5, 0.6) is 0 Å². The number of carbonyl (C=O) groups is 1. The molecule has 0 radical (unpaired) electrons. The van der Waals surface area contributed by atoms with Crippen LogP contribution in [-0.4, -0.2) is 42.9 Å². The van der Waals surface area contributed by atoms with Gasteiger partial charge < -0.3 is 9.64 Å². The zero-order valence-electron chi connectivity index (χ0n) is 10.5.